The summed E-state index contributed by atoms with van der Waals surface area (Å²) in [7, 11) is -3.55. The van der Waals surface area contributed by atoms with Crippen molar-refractivity contribution in [2.24, 2.45) is 34.5 Å². The number of nitrogens with one attached hydrogen (secondary N) is 2. The second-order valence-electron chi connectivity index (χ2n) is 18.5. The van der Waals surface area contributed by atoms with Gasteiger partial charge in [0, 0.05) is 25.3 Å². The van der Waals surface area contributed by atoms with Crippen molar-refractivity contribution in [2.75, 3.05) is 12.3 Å². The Kier molecular flexibility index (Phi) is 11.9. The topological polar surface area (TPSA) is 147 Å². The van der Waals surface area contributed by atoms with E-state index in [4.69, 9.17) is 0 Å². The average Bonchev–Trinajstić information content (AvgIpc) is 3.85. The van der Waals surface area contributed by atoms with E-state index in [0.717, 1.165) is 32.1 Å². The number of sulfone groups is 1. The first-order valence-electron chi connectivity index (χ1n) is 18.9. The number of ketones is 3. The smallest absolute Gasteiger partial charge is 0.315 e. The third kappa shape index (κ3) is 9.08. The van der Waals surface area contributed by atoms with Crippen molar-refractivity contribution in [1.29, 1.82) is 0 Å². The number of nitrogens with zero attached hydrogens (tertiary/aromatic N) is 1. The van der Waals surface area contributed by atoms with Crippen LogP contribution >= 0.6 is 0 Å². The maximum atomic E-state index is 14.5. The maximum Gasteiger partial charge on any atom is 0.315 e. The summed E-state index contributed by atoms with van der Waals surface area (Å²) < 4.78 is 25.7. The van der Waals surface area contributed by atoms with Crippen molar-refractivity contribution < 1.29 is 32.4 Å². The van der Waals surface area contributed by atoms with Crippen LogP contribution in [0.15, 0.2) is 12.7 Å². The minimum absolute atomic E-state index is 0.0681. The lowest BCUT2D eigenvalue weighted by Crippen LogP contribution is -2.63. The molecule has 1 saturated heterocycles. The van der Waals surface area contributed by atoms with Crippen molar-refractivity contribution in [1.82, 2.24) is 15.5 Å². The predicted molar refractivity (Wildman–Crippen MR) is 195 cm³/mol. The molecule has 0 spiro atoms. The van der Waals surface area contributed by atoms with Gasteiger partial charge in [0.05, 0.1) is 22.1 Å². The Morgan fingerprint density at radius 1 is 0.980 bits per heavy atom. The van der Waals surface area contributed by atoms with Gasteiger partial charge < -0.3 is 15.5 Å². The number of likely N-dealkylation sites (tertiary alicyclic amines) is 1. The average molecular weight is 718 g/mol. The molecule has 4 fully saturated rings. The van der Waals surface area contributed by atoms with Crippen molar-refractivity contribution in [3.63, 3.8) is 0 Å². The van der Waals surface area contributed by atoms with E-state index in [1.54, 1.807) is 31.7 Å². The molecule has 2 N–H and O–H groups in total. The van der Waals surface area contributed by atoms with E-state index in [9.17, 15) is 32.4 Å². The van der Waals surface area contributed by atoms with Crippen LogP contribution in [0.3, 0.4) is 0 Å². The van der Waals surface area contributed by atoms with Crippen molar-refractivity contribution in [3.8, 4) is 0 Å². The van der Waals surface area contributed by atoms with Gasteiger partial charge in [-0.25, -0.2) is 13.2 Å². The number of urea groups is 1. The van der Waals surface area contributed by atoms with E-state index >= 15 is 0 Å². The van der Waals surface area contributed by atoms with E-state index < -0.39 is 61.1 Å². The van der Waals surface area contributed by atoms with E-state index in [2.05, 4.69) is 31.1 Å². The van der Waals surface area contributed by atoms with Gasteiger partial charge in [-0.3, -0.25) is 19.2 Å². The third-order valence-electron chi connectivity index (χ3n) is 12.0. The molecule has 3 saturated carbocycles. The van der Waals surface area contributed by atoms with E-state index in [1.807, 2.05) is 20.8 Å². The van der Waals surface area contributed by atoms with Crippen LogP contribution < -0.4 is 10.6 Å². The fourth-order valence-electron chi connectivity index (χ4n) is 8.38. The Hall–Kier alpha value is -2.56. The Bertz CT molecular complexity index is 1440. The van der Waals surface area contributed by atoms with Crippen molar-refractivity contribution >= 4 is 39.1 Å². The second-order valence-corrected chi connectivity index (χ2v) is 21.3. The number of hydrogen-bond acceptors (Lipinski definition) is 7. The first-order chi connectivity index (χ1) is 23.0. The van der Waals surface area contributed by atoms with E-state index in [0.29, 0.717) is 44.6 Å². The number of Topliss-reactive ketones (excluding diaryl/α,β-unsaturated/α-hetero) is 3. The highest BCUT2D eigenvalue weighted by Gasteiger charge is 2.69. The highest BCUT2D eigenvalue weighted by Crippen LogP contribution is 2.65. The van der Waals surface area contributed by atoms with Gasteiger partial charge in [-0.15, -0.1) is 6.58 Å². The highest BCUT2D eigenvalue weighted by atomic mass is 32.2. The van der Waals surface area contributed by atoms with Crippen LogP contribution in [0, 0.1) is 34.5 Å². The SMILES string of the molecule is C=CCCCC(=O)C(=O)C(CC(=O)[C@@H]1[C@@H]2[C@H](CN1C(=O)[C@@H](NC(=O)NC1(CS(=O)(=O)C(C)(C)C)CCCCC1)C(C)(C)C)C2(C)C)CC1CC1. The number of fused-ring (bicyclic) bond motifs is 1. The van der Waals surface area contributed by atoms with Gasteiger partial charge in [-0.1, -0.05) is 72.8 Å². The molecule has 3 amide bonds. The Morgan fingerprint density at radius 3 is 2.14 bits per heavy atom. The van der Waals surface area contributed by atoms with Crippen LogP contribution in [0.2, 0.25) is 0 Å². The molecule has 4 rings (SSSR count). The summed E-state index contributed by atoms with van der Waals surface area (Å²) in [6.07, 6.45) is 9.05. The number of rotatable bonds is 16. The molecule has 5 atom stereocenters. The summed E-state index contributed by atoms with van der Waals surface area (Å²) >= 11 is 0. The molecular weight excluding hydrogens is 655 g/mol. The molecule has 1 aliphatic heterocycles. The molecule has 0 aromatic rings. The van der Waals surface area contributed by atoms with Gasteiger partial charge in [0.15, 0.2) is 21.4 Å². The molecule has 3 aliphatic carbocycles. The predicted octanol–water partition coefficient (Wildman–Crippen LogP) is 5.97. The Morgan fingerprint density at radius 2 is 1.60 bits per heavy atom. The summed E-state index contributed by atoms with van der Waals surface area (Å²) in [5.74, 6) is -1.97. The molecule has 50 heavy (non-hydrogen) atoms. The molecular formula is C39H63N3O7S. The number of piperidine rings is 1. The lowest BCUT2D eigenvalue weighted by atomic mass is 9.82. The van der Waals surface area contributed by atoms with Crippen molar-refractivity contribution in [3.05, 3.63) is 12.7 Å². The van der Waals surface area contributed by atoms with Crippen LogP contribution in [0.1, 0.15) is 132 Å². The molecule has 4 aliphatic rings. The fourth-order valence-corrected chi connectivity index (χ4v) is 9.90. The van der Waals surface area contributed by atoms with Gasteiger partial charge in [-0.2, -0.15) is 0 Å². The molecule has 1 unspecified atom stereocenters. The number of carbonyl (C=O) groups excluding carboxylic acids is 5. The summed E-state index contributed by atoms with van der Waals surface area (Å²) in [6, 6.07) is -2.33. The van der Waals surface area contributed by atoms with Crippen LogP contribution in [-0.2, 0) is 29.0 Å². The summed E-state index contributed by atoms with van der Waals surface area (Å²) in [6.45, 7) is 18.8. The quantitative estimate of drug-likeness (QED) is 0.114. The minimum atomic E-state index is -3.55. The first-order valence-corrected chi connectivity index (χ1v) is 20.5. The van der Waals surface area contributed by atoms with E-state index in [-0.39, 0.29) is 47.5 Å². The number of hydrogen-bond donors (Lipinski definition) is 2. The number of amides is 3. The van der Waals surface area contributed by atoms with Gasteiger partial charge in [0.2, 0.25) is 11.7 Å². The first kappa shape index (κ1) is 40.2. The van der Waals surface area contributed by atoms with Crippen molar-refractivity contribution in [2.45, 2.75) is 155 Å². The molecule has 0 radical (unpaired) electrons. The zero-order valence-electron chi connectivity index (χ0n) is 31.9. The highest BCUT2D eigenvalue weighted by molar-refractivity contribution is 7.92. The molecule has 11 heteroatoms. The lowest BCUT2D eigenvalue weighted by Gasteiger charge is -2.41. The maximum absolute atomic E-state index is 14.5. The molecule has 0 aromatic heterocycles. The van der Waals surface area contributed by atoms with Crippen LogP contribution in [-0.4, -0.2) is 77.3 Å². The molecule has 0 aromatic carbocycles. The Labute approximate surface area is 300 Å². The van der Waals surface area contributed by atoms with Crippen LogP contribution in [0.25, 0.3) is 0 Å². The van der Waals surface area contributed by atoms with Crippen LogP contribution in [0.5, 0.6) is 0 Å². The largest absolute Gasteiger partial charge is 0.332 e. The summed E-state index contributed by atoms with van der Waals surface area (Å²) in [5.41, 5.74) is -1.82. The standard InChI is InChI=1S/C39H63N3O7S/c1-10-11-13-16-28(43)32(45)26(21-25-17-18-25)22-29(44)31-30-27(38(30,8)9)23-42(31)34(46)33(36(2,3)4)40-35(47)41-39(19-14-12-15-20-39)24-50(48,49)37(5,6)7/h10,25-27,30-31,33H,1,11-24H2,2-9H3,(H2,40,41,47)/t26?,27-,30-,31+,33+/m0/s1. The zero-order chi connectivity index (χ0) is 37.4. The van der Waals surface area contributed by atoms with Gasteiger partial charge in [0.25, 0.3) is 0 Å². The summed E-state index contributed by atoms with van der Waals surface area (Å²) in [4.78, 5) is 70.4. The monoisotopic (exact) mass is 717 g/mol. The van der Waals surface area contributed by atoms with Gasteiger partial charge >= 0.3 is 6.03 Å². The van der Waals surface area contributed by atoms with E-state index in [1.165, 1.54) is 0 Å². The number of allylic oxidation sites excluding steroid dienone is 1. The van der Waals surface area contributed by atoms with Gasteiger partial charge in [-0.05, 0) is 81.5 Å². The molecule has 282 valence electrons. The molecule has 0 bridgehead atoms. The lowest BCUT2D eigenvalue weighted by molar-refractivity contribution is -0.144. The minimum Gasteiger partial charge on any atom is -0.332 e. The second kappa shape index (κ2) is 14.8. The van der Waals surface area contributed by atoms with Crippen LogP contribution in [0.4, 0.5) is 4.79 Å². The van der Waals surface area contributed by atoms with Gasteiger partial charge in [0.1, 0.15) is 6.04 Å². The Balaban J connectivity index is 1.54. The zero-order valence-corrected chi connectivity index (χ0v) is 32.7. The third-order valence-corrected chi connectivity index (χ3v) is 14.8. The number of unbranched alkanes of at least 4 members (excludes halogenated alkanes) is 1. The summed E-state index contributed by atoms with van der Waals surface area (Å²) in [5, 5.41) is 5.94. The fraction of sp³-hybridized carbons (Fsp3) is 0.821. The number of carbonyl (C=O) groups is 5. The molecule has 10 nitrogen and oxygen atoms in total. The normalized spacial score (nSPS) is 25.5. The molecule has 1 heterocycles.